The molecule has 9 heteroatoms. The number of benzene rings is 2. The summed E-state index contributed by atoms with van der Waals surface area (Å²) in [6.07, 6.45) is -0.00848. The quantitative estimate of drug-likeness (QED) is 0.642. The second-order valence-electron chi connectivity index (χ2n) is 5.84. The molecule has 0 bridgehead atoms. The molecule has 3 rings (SSSR count). The van der Waals surface area contributed by atoms with Gasteiger partial charge in [0.25, 0.3) is 0 Å². The van der Waals surface area contributed by atoms with Crippen LogP contribution in [-0.2, 0) is 4.79 Å². The Morgan fingerprint density at radius 3 is 2.41 bits per heavy atom. The van der Waals surface area contributed by atoms with Crippen molar-refractivity contribution < 1.29 is 19.1 Å². The summed E-state index contributed by atoms with van der Waals surface area (Å²) in [6, 6.07) is 8.95. The maximum Gasteiger partial charge on any atom is 0.312 e. The van der Waals surface area contributed by atoms with Gasteiger partial charge < -0.3 is 25.8 Å². The third-order valence-corrected chi connectivity index (χ3v) is 4.79. The number of nitrogens with two attached hydrogens (primary N) is 1. The summed E-state index contributed by atoms with van der Waals surface area (Å²) in [5.74, 6) is 0.867. The van der Waals surface area contributed by atoms with Crippen molar-refractivity contribution >= 4 is 45.2 Å². The second kappa shape index (κ2) is 8.49. The van der Waals surface area contributed by atoms with Gasteiger partial charge in [0.15, 0.2) is 11.5 Å². The molecule has 3 amide bonds. The van der Waals surface area contributed by atoms with Gasteiger partial charge in [-0.1, -0.05) is 23.7 Å². The summed E-state index contributed by atoms with van der Waals surface area (Å²) in [5, 5.41) is 5.94. The molecule has 1 aliphatic heterocycles. The molecule has 1 heterocycles. The van der Waals surface area contributed by atoms with E-state index in [9.17, 15) is 9.59 Å². The Labute approximate surface area is 169 Å². The Hall–Kier alpha value is -2.45. The summed E-state index contributed by atoms with van der Waals surface area (Å²) in [4.78, 5) is 23.9. The molecule has 0 radical (unpaired) electrons. The lowest BCUT2D eigenvalue weighted by atomic mass is 10.0. The predicted octanol–water partition coefficient (Wildman–Crippen LogP) is 3.61. The van der Waals surface area contributed by atoms with Gasteiger partial charge in [0, 0.05) is 21.6 Å². The number of nitrogens with one attached hydrogen (secondary N) is 2. The molecule has 0 spiro atoms. The van der Waals surface area contributed by atoms with Crippen LogP contribution < -0.4 is 25.8 Å². The van der Waals surface area contributed by atoms with Gasteiger partial charge in [-0.3, -0.25) is 4.79 Å². The first-order valence-corrected chi connectivity index (χ1v) is 9.30. The molecule has 0 saturated carbocycles. The topological polar surface area (TPSA) is 103 Å². The molecule has 0 fully saturated rings. The lowest BCUT2D eigenvalue weighted by Gasteiger charge is -2.21. The Morgan fingerprint density at radius 1 is 1.15 bits per heavy atom. The fourth-order valence-corrected chi connectivity index (χ4v) is 3.21. The molecule has 27 heavy (non-hydrogen) atoms. The highest BCUT2D eigenvalue weighted by molar-refractivity contribution is 9.10. The molecule has 142 valence electrons. The highest BCUT2D eigenvalue weighted by Crippen LogP contribution is 2.38. The van der Waals surface area contributed by atoms with Gasteiger partial charge in [-0.25, -0.2) is 4.79 Å². The number of hydrogen-bond acceptors (Lipinski definition) is 4. The molecule has 2 aromatic carbocycles. The van der Waals surface area contributed by atoms with Gasteiger partial charge in [0.2, 0.25) is 5.91 Å². The first kappa shape index (κ1) is 19.3. The Morgan fingerprint density at radius 2 is 1.78 bits per heavy atom. The van der Waals surface area contributed by atoms with Crippen molar-refractivity contribution in [1.29, 1.82) is 0 Å². The SMILES string of the molecule is NC(=O)N[C@H](CC(=O)Nc1cc2c(cc1Br)OCCO2)c1ccc(Cl)cc1. The zero-order chi connectivity index (χ0) is 19.4. The van der Waals surface area contributed by atoms with Crippen molar-refractivity contribution in [1.82, 2.24) is 5.32 Å². The molecule has 0 aromatic heterocycles. The minimum atomic E-state index is -0.719. The molecule has 2 aromatic rings. The van der Waals surface area contributed by atoms with Crippen molar-refractivity contribution in [2.75, 3.05) is 18.5 Å². The van der Waals surface area contributed by atoms with Crippen LogP contribution in [0.5, 0.6) is 11.5 Å². The number of halogens is 2. The third-order valence-electron chi connectivity index (χ3n) is 3.88. The molecule has 7 nitrogen and oxygen atoms in total. The van der Waals surface area contributed by atoms with Gasteiger partial charge in [-0.2, -0.15) is 0 Å². The van der Waals surface area contributed by atoms with E-state index >= 15 is 0 Å². The Kier molecular flexibility index (Phi) is 6.08. The monoisotopic (exact) mass is 453 g/mol. The van der Waals surface area contributed by atoms with Crippen LogP contribution in [-0.4, -0.2) is 25.2 Å². The van der Waals surface area contributed by atoms with E-state index < -0.39 is 12.1 Å². The number of fused-ring (bicyclic) bond motifs is 1. The summed E-state index contributed by atoms with van der Waals surface area (Å²) in [7, 11) is 0. The summed E-state index contributed by atoms with van der Waals surface area (Å²) < 4.78 is 11.7. The van der Waals surface area contributed by atoms with Gasteiger partial charge in [0.05, 0.1) is 18.2 Å². The van der Waals surface area contributed by atoms with Crippen molar-refractivity contribution in [3.8, 4) is 11.5 Å². The van der Waals surface area contributed by atoms with Crippen LogP contribution >= 0.6 is 27.5 Å². The van der Waals surface area contributed by atoms with E-state index in [1.54, 1.807) is 36.4 Å². The Balaban J connectivity index is 1.74. The average molecular weight is 455 g/mol. The maximum atomic E-state index is 12.5. The highest BCUT2D eigenvalue weighted by atomic mass is 79.9. The number of carbonyl (C=O) groups excluding carboxylic acids is 2. The predicted molar refractivity (Wildman–Crippen MR) is 105 cm³/mol. The lowest BCUT2D eigenvalue weighted by Crippen LogP contribution is -2.35. The fourth-order valence-electron chi connectivity index (χ4n) is 2.67. The third kappa shape index (κ3) is 5.05. The van der Waals surface area contributed by atoms with Crippen LogP contribution in [0.1, 0.15) is 18.0 Å². The lowest BCUT2D eigenvalue weighted by molar-refractivity contribution is -0.116. The molecule has 0 unspecified atom stereocenters. The van der Waals surface area contributed by atoms with Crippen LogP contribution in [0, 0.1) is 0 Å². The van der Waals surface area contributed by atoms with Crippen LogP contribution in [0.2, 0.25) is 5.02 Å². The summed E-state index contributed by atoms with van der Waals surface area (Å²) in [5.41, 5.74) is 6.50. The van der Waals surface area contributed by atoms with Gasteiger partial charge in [-0.15, -0.1) is 0 Å². The normalized spacial score (nSPS) is 13.6. The zero-order valence-electron chi connectivity index (χ0n) is 14.1. The van der Waals surface area contributed by atoms with Crippen molar-refractivity contribution in [2.45, 2.75) is 12.5 Å². The fraction of sp³-hybridized carbons (Fsp3) is 0.222. The van der Waals surface area contributed by atoms with Crippen LogP contribution in [0.15, 0.2) is 40.9 Å². The number of rotatable bonds is 5. The minimum absolute atomic E-state index is 0.00848. The largest absolute Gasteiger partial charge is 0.486 e. The highest BCUT2D eigenvalue weighted by Gasteiger charge is 2.20. The standard InChI is InChI=1S/C18H17BrClN3O4/c19-12-7-15-16(27-6-5-26-15)8-14(12)22-17(24)9-13(23-18(21)25)10-1-3-11(20)4-2-10/h1-4,7-8,13H,5-6,9H2,(H,22,24)(H3,21,23,25)/t13-/m1/s1. The van der Waals surface area contributed by atoms with Crippen molar-refractivity contribution in [3.63, 3.8) is 0 Å². The second-order valence-corrected chi connectivity index (χ2v) is 7.13. The number of ether oxygens (including phenoxy) is 2. The van der Waals surface area contributed by atoms with E-state index in [0.717, 1.165) is 5.56 Å². The molecule has 1 atom stereocenters. The zero-order valence-corrected chi connectivity index (χ0v) is 16.5. The maximum absolute atomic E-state index is 12.5. The van der Waals surface area contributed by atoms with Crippen molar-refractivity contribution in [2.24, 2.45) is 5.73 Å². The first-order valence-electron chi connectivity index (χ1n) is 8.13. The first-order chi connectivity index (χ1) is 12.9. The molecule has 0 saturated heterocycles. The van der Waals surface area contributed by atoms with E-state index in [4.69, 9.17) is 26.8 Å². The number of primary amides is 1. The van der Waals surface area contributed by atoms with Crippen LogP contribution in [0.3, 0.4) is 0 Å². The smallest absolute Gasteiger partial charge is 0.312 e. The summed E-state index contributed by atoms with van der Waals surface area (Å²) >= 11 is 9.30. The average Bonchev–Trinajstić information content (AvgIpc) is 2.62. The molecular weight excluding hydrogens is 438 g/mol. The molecule has 1 aliphatic rings. The number of amides is 3. The van der Waals surface area contributed by atoms with E-state index in [1.165, 1.54) is 0 Å². The van der Waals surface area contributed by atoms with Crippen molar-refractivity contribution in [3.05, 3.63) is 51.5 Å². The van der Waals surface area contributed by atoms with Crippen LogP contribution in [0.25, 0.3) is 0 Å². The summed E-state index contributed by atoms with van der Waals surface area (Å²) in [6.45, 7) is 0.926. The molecular formula is C18H17BrClN3O4. The van der Waals surface area contributed by atoms with E-state index in [1.807, 2.05) is 0 Å². The van der Waals surface area contributed by atoms with Gasteiger partial charge in [-0.05, 0) is 33.6 Å². The molecule has 4 N–H and O–H groups in total. The van der Waals surface area contributed by atoms with Gasteiger partial charge >= 0.3 is 6.03 Å². The van der Waals surface area contributed by atoms with E-state index in [-0.39, 0.29) is 12.3 Å². The number of urea groups is 1. The molecule has 0 aliphatic carbocycles. The number of anilines is 1. The van der Waals surface area contributed by atoms with E-state index in [0.29, 0.717) is 39.9 Å². The Bertz CT molecular complexity index is 860. The number of hydrogen-bond donors (Lipinski definition) is 3. The van der Waals surface area contributed by atoms with Gasteiger partial charge in [0.1, 0.15) is 13.2 Å². The van der Waals surface area contributed by atoms with E-state index in [2.05, 4.69) is 26.6 Å². The van der Waals surface area contributed by atoms with Crippen LogP contribution in [0.4, 0.5) is 10.5 Å². The minimum Gasteiger partial charge on any atom is -0.486 e. The number of carbonyl (C=O) groups is 2.